The van der Waals surface area contributed by atoms with Gasteiger partial charge in [0.05, 0.1) is 10.5 Å². The number of aryl methyl sites for hydroxylation is 1. The highest BCUT2D eigenvalue weighted by molar-refractivity contribution is 7.16. The summed E-state index contributed by atoms with van der Waals surface area (Å²) < 4.78 is 2.32. The minimum Gasteiger partial charge on any atom is -0.382 e. The molecular weight excluding hydrogens is 304 g/mol. The summed E-state index contributed by atoms with van der Waals surface area (Å²) in [5, 5.41) is 15.4. The molecule has 1 aromatic carbocycles. The molecule has 0 aliphatic rings. The molecule has 0 aliphatic heterocycles. The smallest absolute Gasteiger partial charge is 0.121 e. The molecule has 0 saturated heterocycles. The Morgan fingerprint density at radius 1 is 1.26 bits per heavy atom. The minimum absolute atomic E-state index is 0.627. The van der Waals surface area contributed by atoms with Gasteiger partial charge in [-0.2, -0.15) is 0 Å². The van der Waals surface area contributed by atoms with Crippen LogP contribution in [0.5, 0.6) is 0 Å². The number of fused-ring (bicyclic) bond motifs is 2. The third-order valence-corrected chi connectivity index (χ3v) is 5.41. The lowest BCUT2D eigenvalue weighted by atomic mass is 10.0. The van der Waals surface area contributed by atoms with E-state index in [0.717, 1.165) is 40.1 Å². The molecule has 3 heterocycles. The zero-order valence-electron chi connectivity index (χ0n) is 13.3. The third-order valence-electron chi connectivity index (χ3n) is 4.56. The van der Waals surface area contributed by atoms with Gasteiger partial charge in [0.15, 0.2) is 0 Å². The number of aliphatic hydroxyl groups excluding tert-OH is 1. The largest absolute Gasteiger partial charge is 0.382 e. The van der Waals surface area contributed by atoms with Crippen molar-refractivity contribution >= 4 is 32.5 Å². The predicted octanol–water partition coefficient (Wildman–Crippen LogP) is 4.98. The number of nitrogens with zero attached hydrogens (tertiary/aromatic N) is 1. The van der Waals surface area contributed by atoms with Crippen molar-refractivity contribution in [1.82, 2.24) is 9.55 Å². The van der Waals surface area contributed by atoms with E-state index in [9.17, 15) is 5.11 Å². The molecule has 0 radical (unpaired) electrons. The maximum Gasteiger partial charge on any atom is 0.121 e. The number of aliphatic hydroxyl groups is 1. The number of para-hydroxylation sites is 1. The molecule has 23 heavy (non-hydrogen) atoms. The molecule has 0 saturated carbocycles. The lowest BCUT2D eigenvalue weighted by Crippen LogP contribution is -2.04. The molecule has 0 fully saturated rings. The number of hydrogen-bond acceptors (Lipinski definition) is 2. The number of hydrogen-bond donors (Lipinski definition) is 2. The van der Waals surface area contributed by atoms with Gasteiger partial charge in [-0.1, -0.05) is 25.1 Å². The molecule has 0 spiro atoms. The Morgan fingerprint density at radius 3 is 2.87 bits per heavy atom. The Morgan fingerprint density at radius 2 is 2.09 bits per heavy atom. The molecule has 1 atom stereocenters. The van der Waals surface area contributed by atoms with E-state index in [1.807, 2.05) is 6.07 Å². The predicted molar refractivity (Wildman–Crippen MR) is 97.2 cm³/mol. The highest BCUT2D eigenvalue weighted by Crippen LogP contribution is 2.35. The van der Waals surface area contributed by atoms with E-state index < -0.39 is 6.10 Å². The molecule has 4 heteroatoms. The fraction of sp³-hybridized carbons (Fsp3) is 0.263. The van der Waals surface area contributed by atoms with E-state index >= 15 is 0 Å². The van der Waals surface area contributed by atoms with Crippen molar-refractivity contribution in [2.24, 2.45) is 0 Å². The number of H-pyrrole nitrogens is 1. The van der Waals surface area contributed by atoms with Gasteiger partial charge in [-0.25, -0.2) is 0 Å². The fourth-order valence-corrected chi connectivity index (χ4v) is 4.28. The molecule has 2 N–H and O–H groups in total. The molecule has 0 bridgehead atoms. The van der Waals surface area contributed by atoms with E-state index in [2.05, 4.69) is 59.1 Å². The summed E-state index contributed by atoms with van der Waals surface area (Å²) >= 11 is 1.67. The Labute approximate surface area is 139 Å². The van der Waals surface area contributed by atoms with Gasteiger partial charge in [0.25, 0.3) is 0 Å². The summed E-state index contributed by atoms with van der Waals surface area (Å²) in [7, 11) is 0. The Hall–Kier alpha value is -2.04. The molecule has 3 aromatic heterocycles. The minimum atomic E-state index is -0.627. The van der Waals surface area contributed by atoms with Crippen LogP contribution >= 0.6 is 11.3 Å². The van der Waals surface area contributed by atoms with Gasteiger partial charge in [-0.05, 0) is 36.9 Å². The maximum absolute atomic E-state index is 11.0. The number of rotatable bonds is 4. The first-order valence-electron chi connectivity index (χ1n) is 8.02. The van der Waals surface area contributed by atoms with Crippen LogP contribution in [0.1, 0.15) is 36.4 Å². The second-order valence-corrected chi connectivity index (χ2v) is 6.92. The number of aromatic nitrogens is 2. The van der Waals surface area contributed by atoms with Gasteiger partial charge in [-0.3, -0.25) is 0 Å². The van der Waals surface area contributed by atoms with E-state index in [4.69, 9.17) is 0 Å². The Bertz CT molecular complexity index is 947. The van der Waals surface area contributed by atoms with Crippen molar-refractivity contribution in [2.45, 2.75) is 32.9 Å². The standard InChI is InChI=1S/C19H20N2OS/c1-3-9-21-12(2)17(14-6-4-5-7-16(14)21)18(22)15-11-13-8-10-23-19(13)20-15/h4-8,10-11,18,20,22H,3,9H2,1-2H3. The van der Waals surface area contributed by atoms with Crippen LogP contribution in [-0.2, 0) is 6.54 Å². The van der Waals surface area contributed by atoms with Gasteiger partial charge in [0.1, 0.15) is 6.10 Å². The highest BCUT2D eigenvalue weighted by atomic mass is 32.1. The second-order valence-electron chi connectivity index (χ2n) is 6.00. The monoisotopic (exact) mass is 324 g/mol. The lowest BCUT2D eigenvalue weighted by molar-refractivity contribution is 0.216. The van der Waals surface area contributed by atoms with E-state index in [-0.39, 0.29) is 0 Å². The SMILES string of the molecule is CCCn1c(C)c(C(O)c2cc3ccsc3[nH]2)c2ccccc21. The number of thiophene rings is 1. The first kappa shape index (κ1) is 14.5. The molecule has 0 aliphatic carbocycles. The summed E-state index contributed by atoms with van der Waals surface area (Å²) in [5.74, 6) is 0. The summed E-state index contributed by atoms with van der Waals surface area (Å²) in [6, 6.07) is 12.5. The maximum atomic E-state index is 11.0. The van der Waals surface area contributed by atoms with Crippen molar-refractivity contribution in [3.63, 3.8) is 0 Å². The van der Waals surface area contributed by atoms with Crippen LogP contribution < -0.4 is 0 Å². The van der Waals surface area contributed by atoms with Crippen molar-refractivity contribution in [3.8, 4) is 0 Å². The summed E-state index contributed by atoms with van der Waals surface area (Å²) in [5.41, 5.74) is 4.24. The van der Waals surface area contributed by atoms with Crippen LogP contribution in [0.25, 0.3) is 21.1 Å². The Balaban J connectivity index is 1.90. The number of aromatic amines is 1. The van der Waals surface area contributed by atoms with Gasteiger partial charge < -0.3 is 14.7 Å². The quantitative estimate of drug-likeness (QED) is 0.546. The van der Waals surface area contributed by atoms with Gasteiger partial charge >= 0.3 is 0 Å². The normalized spacial score (nSPS) is 13.2. The molecule has 0 amide bonds. The molecule has 4 rings (SSSR count). The second kappa shape index (κ2) is 5.55. The molecule has 3 nitrogen and oxygen atoms in total. The summed E-state index contributed by atoms with van der Waals surface area (Å²) in [4.78, 5) is 4.49. The first-order chi connectivity index (χ1) is 11.2. The van der Waals surface area contributed by atoms with Crippen molar-refractivity contribution in [2.75, 3.05) is 0 Å². The molecule has 118 valence electrons. The van der Waals surface area contributed by atoms with Gasteiger partial charge in [0, 0.05) is 34.1 Å². The van der Waals surface area contributed by atoms with E-state index in [1.54, 1.807) is 11.3 Å². The zero-order chi connectivity index (χ0) is 16.0. The zero-order valence-corrected chi connectivity index (χ0v) is 14.2. The van der Waals surface area contributed by atoms with Gasteiger partial charge in [0.2, 0.25) is 0 Å². The molecular formula is C19H20N2OS. The van der Waals surface area contributed by atoms with Gasteiger partial charge in [-0.15, -0.1) is 11.3 Å². The number of nitrogens with one attached hydrogen (secondary N) is 1. The summed E-state index contributed by atoms with van der Waals surface area (Å²) in [6.45, 7) is 5.27. The van der Waals surface area contributed by atoms with Crippen LogP contribution in [0.4, 0.5) is 0 Å². The lowest BCUT2D eigenvalue weighted by Gasteiger charge is -2.11. The average Bonchev–Trinajstić information content (AvgIpc) is 3.20. The van der Waals surface area contributed by atoms with Crippen molar-refractivity contribution in [3.05, 3.63) is 58.7 Å². The summed E-state index contributed by atoms with van der Waals surface area (Å²) in [6.07, 6.45) is 0.449. The van der Waals surface area contributed by atoms with Crippen LogP contribution in [-0.4, -0.2) is 14.7 Å². The third kappa shape index (κ3) is 2.21. The average molecular weight is 324 g/mol. The molecule has 1 unspecified atom stereocenters. The van der Waals surface area contributed by atoms with E-state index in [0.29, 0.717) is 0 Å². The van der Waals surface area contributed by atoms with E-state index in [1.165, 1.54) is 10.9 Å². The van der Waals surface area contributed by atoms with Crippen LogP contribution in [0.15, 0.2) is 41.8 Å². The fourth-order valence-electron chi connectivity index (χ4n) is 3.49. The molecule has 4 aromatic rings. The Kier molecular flexibility index (Phi) is 3.51. The van der Waals surface area contributed by atoms with Crippen LogP contribution in [0.2, 0.25) is 0 Å². The van der Waals surface area contributed by atoms with Crippen molar-refractivity contribution < 1.29 is 5.11 Å². The van der Waals surface area contributed by atoms with Crippen LogP contribution in [0, 0.1) is 6.92 Å². The first-order valence-corrected chi connectivity index (χ1v) is 8.90. The topological polar surface area (TPSA) is 41.0 Å². The highest BCUT2D eigenvalue weighted by Gasteiger charge is 2.22. The van der Waals surface area contributed by atoms with Crippen LogP contribution in [0.3, 0.4) is 0 Å². The number of benzene rings is 1. The van der Waals surface area contributed by atoms with Crippen molar-refractivity contribution in [1.29, 1.82) is 0 Å².